The molecule has 0 unspecified atom stereocenters. The zero-order valence-corrected chi connectivity index (χ0v) is 37.2. The van der Waals surface area contributed by atoms with E-state index in [1.54, 1.807) is 60.9 Å². The van der Waals surface area contributed by atoms with Crippen LogP contribution in [0.1, 0.15) is 30.0 Å². The molecule has 0 aliphatic carbocycles. The average molecular weight is 930 g/mol. The van der Waals surface area contributed by atoms with Crippen LogP contribution in [-0.2, 0) is 16.0 Å². The second kappa shape index (κ2) is 20.3. The highest BCUT2D eigenvalue weighted by Crippen LogP contribution is 2.32. The molecule has 0 spiro atoms. The van der Waals surface area contributed by atoms with E-state index in [-0.39, 0.29) is 34.4 Å². The number of ether oxygens (including phenoxy) is 2. The molecule has 7 aromatic rings. The molecule has 7 heterocycles. The van der Waals surface area contributed by atoms with Gasteiger partial charge in [-0.25, -0.2) is 14.6 Å². The van der Waals surface area contributed by atoms with Crippen LogP contribution in [0.15, 0.2) is 113 Å². The predicted octanol–water partition coefficient (Wildman–Crippen LogP) is 6.99. The molecule has 0 bridgehead atoms. The number of amides is 1. The number of fused-ring (bicyclic) bond motifs is 2. The van der Waals surface area contributed by atoms with Crippen LogP contribution in [0.5, 0.6) is 5.75 Å². The van der Waals surface area contributed by atoms with Gasteiger partial charge in [0.05, 0.1) is 36.1 Å². The SMILES string of the molecule is CN1CCC(c2ccc(Nc3nc(-c4ccc(CC(=O)Nn5ccc6cc(NCC(F)(F)F)nc(Nc7cccc(OCCN8CCOCC8)c7)c6c5=O)nc4)cc4cc[nH]c(=O)c34)cc2)CC1. The third-order valence-electron chi connectivity index (χ3n) is 12.1. The fourth-order valence-corrected chi connectivity index (χ4v) is 8.43. The van der Waals surface area contributed by atoms with E-state index in [0.29, 0.717) is 77.3 Å². The van der Waals surface area contributed by atoms with Crippen molar-refractivity contribution >= 4 is 56.3 Å². The summed E-state index contributed by atoms with van der Waals surface area (Å²) in [5.74, 6) is 0.724. The van der Waals surface area contributed by atoms with Gasteiger partial charge >= 0.3 is 6.18 Å². The molecule has 2 saturated heterocycles. The van der Waals surface area contributed by atoms with Crippen molar-refractivity contribution in [3.63, 3.8) is 0 Å². The summed E-state index contributed by atoms with van der Waals surface area (Å²) in [7, 11) is 2.15. The number of likely N-dealkylation sites (tertiary alicyclic amines) is 1. The normalized spacial score (nSPS) is 15.1. The van der Waals surface area contributed by atoms with Crippen molar-refractivity contribution in [3.8, 4) is 17.0 Å². The number of benzene rings is 2. The molecule has 2 aliphatic rings. The number of piperidine rings is 1. The number of anilines is 5. The summed E-state index contributed by atoms with van der Waals surface area (Å²) in [4.78, 5) is 61.6. The Morgan fingerprint density at radius 2 is 1.63 bits per heavy atom. The zero-order valence-electron chi connectivity index (χ0n) is 37.2. The first-order valence-electron chi connectivity index (χ1n) is 22.4. The number of nitrogens with zero attached hydrogens (tertiary/aromatic N) is 6. The molecular formula is C49H50F3N11O5. The maximum atomic E-state index is 14.0. The van der Waals surface area contributed by atoms with Crippen LogP contribution in [-0.4, -0.2) is 113 Å². The highest BCUT2D eigenvalue weighted by molar-refractivity contribution is 5.96. The Bertz CT molecular complexity index is 3020. The molecule has 0 atom stereocenters. The molecule has 0 radical (unpaired) electrons. The number of morpholine rings is 1. The summed E-state index contributed by atoms with van der Waals surface area (Å²) in [6.45, 7) is 4.88. The summed E-state index contributed by atoms with van der Waals surface area (Å²) in [5.41, 5.74) is 5.79. The quantitative estimate of drug-likeness (QED) is 0.0710. The lowest BCUT2D eigenvalue weighted by Crippen LogP contribution is -2.38. The number of rotatable bonds is 15. The summed E-state index contributed by atoms with van der Waals surface area (Å²) in [6.07, 6.45) is 1.99. The Kier molecular flexibility index (Phi) is 13.6. The van der Waals surface area contributed by atoms with Gasteiger partial charge in [-0.1, -0.05) is 18.2 Å². The van der Waals surface area contributed by atoms with Crippen molar-refractivity contribution in [3.05, 3.63) is 135 Å². The largest absolute Gasteiger partial charge is 0.492 e. The first-order valence-corrected chi connectivity index (χ1v) is 22.4. The number of alkyl halides is 3. The van der Waals surface area contributed by atoms with E-state index < -0.39 is 24.2 Å². The third kappa shape index (κ3) is 11.2. The molecule has 5 N–H and O–H groups in total. The standard InChI is InChI=1S/C49H50F3N11O5/c1-61-16-12-32(13-17-61)31-5-8-36(9-6-31)56-45-43-33(11-15-53-47(43)65)25-40(58-45)35-7-10-37(54-29-35)28-42(64)60-63-18-14-34-26-41(55-30-49(50,51)52)59-46(44(34)48(63)66)57-38-3-2-4-39(27-38)68-24-21-62-19-22-67-23-20-62/h2-11,14-15,18,25-27,29,32H,12-13,16-17,19-24,28,30H2,1H3,(H,53,65)(H,56,58)(H,60,64)(H2,55,57,59). The molecule has 2 aliphatic heterocycles. The van der Waals surface area contributed by atoms with Crippen LogP contribution in [0.4, 0.5) is 42.0 Å². The molecule has 2 aromatic carbocycles. The lowest BCUT2D eigenvalue weighted by Gasteiger charge is -2.29. The maximum Gasteiger partial charge on any atom is 0.405 e. The fraction of sp³-hybridized carbons (Fsp3) is 0.306. The van der Waals surface area contributed by atoms with E-state index in [9.17, 15) is 27.6 Å². The fourth-order valence-electron chi connectivity index (χ4n) is 8.43. The van der Waals surface area contributed by atoms with Crippen molar-refractivity contribution in [1.29, 1.82) is 0 Å². The minimum atomic E-state index is -4.52. The monoisotopic (exact) mass is 929 g/mol. The molecule has 352 valence electrons. The first kappa shape index (κ1) is 45.8. The highest BCUT2D eigenvalue weighted by atomic mass is 19.4. The van der Waals surface area contributed by atoms with Crippen molar-refractivity contribution in [1.82, 2.24) is 34.4 Å². The second-order valence-corrected chi connectivity index (χ2v) is 16.9. The van der Waals surface area contributed by atoms with E-state index in [1.165, 1.54) is 23.9 Å². The van der Waals surface area contributed by atoms with Crippen LogP contribution in [0.2, 0.25) is 0 Å². The Morgan fingerprint density at radius 1 is 0.868 bits per heavy atom. The van der Waals surface area contributed by atoms with Crippen molar-refractivity contribution in [2.45, 2.75) is 31.4 Å². The lowest BCUT2D eigenvalue weighted by atomic mass is 9.89. The van der Waals surface area contributed by atoms with Crippen molar-refractivity contribution in [2.75, 3.05) is 87.5 Å². The number of aromatic nitrogens is 5. The number of carbonyl (C=O) groups excluding carboxylic acids is 1. The molecule has 9 rings (SSSR count). The maximum absolute atomic E-state index is 14.0. The van der Waals surface area contributed by atoms with Crippen molar-refractivity contribution in [2.24, 2.45) is 0 Å². The van der Waals surface area contributed by atoms with Gasteiger partial charge in [0.15, 0.2) is 0 Å². The summed E-state index contributed by atoms with van der Waals surface area (Å²) >= 11 is 0. The van der Waals surface area contributed by atoms with Crippen LogP contribution >= 0.6 is 0 Å². The molecule has 0 saturated carbocycles. The molecular weight excluding hydrogens is 880 g/mol. The molecule has 16 nitrogen and oxygen atoms in total. The van der Waals surface area contributed by atoms with Gasteiger partial charge in [-0.3, -0.25) is 29.7 Å². The minimum Gasteiger partial charge on any atom is -0.492 e. The number of hydrogen-bond donors (Lipinski definition) is 5. The Balaban J connectivity index is 0.907. The van der Waals surface area contributed by atoms with Crippen LogP contribution < -0.4 is 37.2 Å². The minimum absolute atomic E-state index is 0.0230. The van der Waals surface area contributed by atoms with E-state index in [0.717, 1.165) is 49.4 Å². The summed E-state index contributed by atoms with van der Waals surface area (Å²) in [5, 5.41) is 10.1. The first-order chi connectivity index (χ1) is 32.9. The average Bonchev–Trinajstić information content (AvgIpc) is 3.33. The van der Waals surface area contributed by atoms with Crippen molar-refractivity contribution < 1.29 is 27.4 Å². The summed E-state index contributed by atoms with van der Waals surface area (Å²) < 4.78 is 52.1. The van der Waals surface area contributed by atoms with E-state index in [1.807, 2.05) is 12.1 Å². The van der Waals surface area contributed by atoms with E-state index >= 15 is 0 Å². The number of aromatic amines is 1. The van der Waals surface area contributed by atoms with Gasteiger partial charge in [-0.05, 0) is 116 Å². The second-order valence-electron chi connectivity index (χ2n) is 16.9. The number of carbonyl (C=O) groups is 1. The highest BCUT2D eigenvalue weighted by Gasteiger charge is 2.27. The zero-order chi connectivity index (χ0) is 47.2. The number of pyridine rings is 5. The predicted molar refractivity (Wildman–Crippen MR) is 256 cm³/mol. The topological polar surface area (TPSA) is 184 Å². The Labute approximate surface area is 388 Å². The van der Waals surface area contributed by atoms with Crippen LogP contribution in [0.3, 0.4) is 0 Å². The smallest absolute Gasteiger partial charge is 0.405 e. The number of H-pyrrole nitrogens is 1. The molecule has 68 heavy (non-hydrogen) atoms. The van der Waals surface area contributed by atoms with Gasteiger partial charge in [-0.2, -0.15) is 13.2 Å². The lowest BCUT2D eigenvalue weighted by molar-refractivity contribution is -0.117. The van der Waals surface area contributed by atoms with Gasteiger partial charge in [0.25, 0.3) is 11.1 Å². The molecule has 19 heteroatoms. The van der Waals surface area contributed by atoms with Gasteiger partial charge < -0.3 is 35.3 Å². The van der Waals surface area contributed by atoms with Crippen LogP contribution in [0.25, 0.3) is 32.8 Å². The van der Waals surface area contributed by atoms with E-state index in [2.05, 4.69) is 65.3 Å². The number of nitrogens with one attached hydrogen (secondary N) is 5. The molecule has 2 fully saturated rings. The number of halogens is 3. The van der Waals surface area contributed by atoms with Gasteiger partial charge in [0, 0.05) is 66.9 Å². The Morgan fingerprint density at radius 3 is 2.40 bits per heavy atom. The number of hydrogen-bond acceptors (Lipinski definition) is 13. The van der Waals surface area contributed by atoms with E-state index in [4.69, 9.17) is 14.5 Å². The molecule has 1 amide bonds. The van der Waals surface area contributed by atoms with Crippen LogP contribution in [0, 0.1) is 0 Å². The third-order valence-corrected chi connectivity index (χ3v) is 12.1. The Hall–Kier alpha value is -7.35. The van der Waals surface area contributed by atoms with Gasteiger partial charge in [-0.15, -0.1) is 0 Å². The molecule has 5 aromatic heterocycles. The van der Waals surface area contributed by atoms with Gasteiger partial charge in [0.1, 0.15) is 36.4 Å². The summed E-state index contributed by atoms with van der Waals surface area (Å²) in [6, 6.07) is 25.1. The van der Waals surface area contributed by atoms with Gasteiger partial charge in [0.2, 0.25) is 5.91 Å².